The number of amides is 2. The number of nitrogens with one attached hydrogen (secondary N) is 2. The summed E-state index contributed by atoms with van der Waals surface area (Å²) in [6, 6.07) is 5.05. The molecule has 0 heterocycles. The average Bonchev–Trinajstić information content (AvgIpc) is 2.49. The van der Waals surface area contributed by atoms with Gasteiger partial charge in [-0.2, -0.15) is 0 Å². The first-order valence-electron chi connectivity index (χ1n) is 7.62. The molecule has 0 spiro atoms. The fourth-order valence-corrected chi connectivity index (χ4v) is 2.24. The van der Waals surface area contributed by atoms with Crippen LogP contribution in [0.5, 0.6) is 0 Å². The molecule has 0 atom stereocenters. The van der Waals surface area contributed by atoms with Gasteiger partial charge in [0.25, 0.3) is 0 Å². The van der Waals surface area contributed by atoms with E-state index in [1.54, 1.807) is 18.2 Å². The topological polar surface area (TPSA) is 84.2 Å². The van der Waals surface area contributed by atoms with Gasteiger partial charge in [0.2, 0.25) is 11.8 Å². The zero-order valence-electron chi connectivity index (χ0n) is 13.1. The van der Waals surface area contributed by atoms with E-state index in [0.717, 1.165) is 12.8 Å². The summed E-state index contributed by atoms with van der Waals surface area (Å²) in [6.45, 7) is 4.43. The lowest BCUT2D eigenvalue weighted by molar-refractivity contribution is -0.120. The number of carbonyl (C=O) groups excluding carboxylic acids is 2. The van der Waals surface area contributed by atoms with Crippen molar-refractivity contribution in [3.63, 3.8) is 0 Å². The fraction of sp³-hybridized carbons (Fsp3) is 0.500. The smallest absolute Gasteiger partial charge is 0.227 e. The Hall–Kier alpha value is -1.59. The van der Waals surface area contributed by atoms with Crippen molar-refractivity contribution in [3.8, 4) is 0 Å². The molecule has 0 fully saturated rings. The van der Waals surface area contributed by atoms with E-state index in [1.807, 2.05) is 13.8 Å². The highest BCUT2D eigenvalue weighted by molar-refractivity contribution is 6.33. The molecule has 6 heteroatoms. The number of halogens is 1. The minimum Gasteiger partial charge on any atom is -0.330 e. The zero-order chi connectivity index (χ0) is 16.5. The minimum absolute atomic E-state index is 0.0155. The first-order chi connectivity index (χ1) is 10.5. The van der Waals surface area contributed by atoms with Gasteiger partial charge in [-0.15, -0.1) is 0 Å². The number of anilines is 2. The second-order valence-electron chi connectivity index (χ2n) is 5.14. The number of rotatable bonds is 8. The van der Waals surface area contributed by atoms with Gasteiger partial charge in [-0.05, 0) is 44.0 Å². The summed E-state index contributed by atoms with van der Waals surface area (Å²) in [4.78, 5) is 23.8. The van der Waals surface area contributed by atoms with E-state index in [4.69, 9.17) is 17.3 Å². The largest absolute Gasteiger partial charge is 0.330 e. The van der Waals surface area contributed by atoms with Gasteiger partial charge in [-0.25, -0.2) is 0 Å². The number of hydrogen-bond donors (Lipinski definition) is 3. The summed E-state index contributed by atoms with van der Waals surface area (Å²) in [6.07, 6.45) is 2.54. The van der Waals surface area contributed by atoms with Crippen LogP contribution < -0.4 is 16.4 Å². The Morgan fingerprint density at radius 2 is 1.91 bits per heavy atom. The van der Waals surface area contributed by atoms with Gasteiger partial charge in [0.15, 0.2) is 0 Å². The van der Waals surface area contributed by atoms with E-state index in [-0.39, 0.29) is 17.7 Å². The van der Waals surface area contributed by atoms with Gasteiger partial charge in [0, 0.05) is 18.0 Å². The lowest BCUT2D eigenvalue weighted by atomic mass is 10.0. The molecule has 0 aliphatic rings. The quantitative estimate of drug-likeness (QED) is 0.685. The molecule has 2 amide bonds. The minimum atomic E-state index is -0.143. The van der Waals surface area contributed by atoms with Crippen LogP contribution >= 0.6 is 11.6 Å². The standard InChI is InChI=1S/C16H24ClN3O2/c1-3-11(4-2)16(22)19-12-7-8-13(17)14(10-12)20-15(21)6-5-9-18/h7-8,10-11H,3-6,9,18H2,1-2H3,(H,19,22)(H,20,21). The van der Waals surface area contributed by atoms with Crippen LogP contribution in [0.1, 0.15) is 39.5 Å². The van der Waals surface area contributed by atoms with Gasteiger partial charge in [-0.3, -0.25) is 9.59 Å². The Morgan fingerprint density at radius 1 is 1.23 bits per heavy atom. The van der Waals surface area contributed by atoms with Crippen LogP contribution in [0.2, 0.25) is 5.02 Å². The van der Waals surface area contributed by atoms with E-state index in [0.29, 0.717) is 35.8 Å². The maximum Gasteiger partial charge on any atom is 0.227 e. The molecule has 0 bridgehead atoms. The molecule has 0 saturated heterocycles. The molecule has 0 aliphatic heterocycles. The van der Waals surface area contributed by atoms with Crippen LogP contribution in [0.15, 0.2) is 18.2 Å². The molecule has 0 aromatic heterocycles. The van der Waals surface area contributed by atoms with Crippen LogP contribution in [0.3, 0.4) is 0 Å². The number of benzene rings is 1. The number of carbonyl (C=O) groups is 2. The monoisotopic (exact) mass is 325 g/mol. The Balaban J connectivity index is 2.77. The molecule has 0 unspecified atom stereocenters. The van der Waals surface area contributed by atoms with Crippen molar-refractivity contribution in [3.05, 3.63) is 23.2 Å². The highest BCUT2D eigenvalue weighted by Gasteiger charge is 2.15. The summed E-state index contributed by atoms with van der Waals surface area (Å²) in [5.41, 5.74) is 6.49. The molecule has 0 saturated carbocycles. The molecule has 0 aliphatic carbocycles. The zero-order valence-corrected chi connectivity index (χ0v) is 13.9. The average molecular weight is 326 g/mol. The van der Waals surface area contributed by atoms with E-state index in [9.17, 15) is 9.59 Å². The summed E-state index contributed by atoms with van der Waals surface area (Å²) >= 11 is 6.08. The highest BCUT2D eigenvalue weighted by Crippen LogP contribution is 2.26. The van der Waals surface area contributed by atoms with Crippen molar-refractivity contribution in [2.45, 2.75) is 39.5 Å². The third kappa shape index (κ3) is 5.66. The van der Waals surface area contributed by atoms with Crippen molar-refractivity contribution < 1.29 is 9.59 Å². The van der Waals surface area contributed by atoms with Crippen LogP contribution in [0.25, 0.3) is 0 Å². The highest BCUT2D eigenvalue weighted by atomic mass is 35.5. The van der Waals surface area contributed by atoms with E-state index in [1.165, 1.54) is 0 Å². The Kier molecular flexibility index (Phi) is 7.91. The Bertz CT molecular complexity index is 516. The predicted octanol–water partition coefficient (Wildman–Crippen LogP) is 3.39. The first-order valence-corrected chi connectivity index (χ1v) is 7.99. The normalized spacial score (nSPS) is 10.6. The van der Waals surface area contributed by atoms with E-state index in [2.05, 4.69) is 10.6 Å². The molecule has 1 aromatic carbocycles. The van der Waals surface area contributed by atoms with Crippen molar-refractivity contribution in [2.24, 2.45) is 11.7 Å². The molecular formula is C16H24ClN3O2. The van der Waals surface area contributed by atoms with Crippen molar-refractivity contribution in [1.29, 1.82) is 0 Å². The number of hydrogen-bond acceptors (Lipinski definition) is 3. The van der Waals surface area contributed by atoms with Crippen LogP contribution in [0.4, 0.5) is 11.4 Å². The molecule has 5 nitrogen and oxygen atoms in total. The van der Waals surface area contributed by atoms with Gasteiger partial charge in [0.1, 0.15) is 0 Å². The maximum atomic E-state index is 12.1. The van der Waals surface area contributed by atoms with Gasteiger partial charge >= 0.3 is 0 Å². The SMILES string of the molecule is CCC(CC)C(=O)Nc1ccc(Cl)c(NC(=O)CCCN)c1. The predicted molar refractivity (Wildman–Crippen MR) is 91.1 cm³/mol. The van der Waals surface area contributed by atoms with E-state index < -0.39 is 0 Å². The molecule has 1 rings (SSSR count). The van der Waals surface area contributed by atoms with Crippen LogP contribution in [0, 0.1) is 5.92 Å². The molecular weight excluding hydrogens is 302 g/mol. The second kappa shape index (κ2) is 9.43. The number of nitrogens with two attached hydrogens (primary N) is 1. The fourth-order valence-electron chi connectivity index (χ4n) is 2.08. The third-order valence-corrected chi connectivity index (χ3v) is 3.80. The third-order valence-electron chi connectivity index (χ3n) is 3.47. The molecule has 4 N–H and O–H groups in total. The van der Waals surface area contributed by atoms with Gasteiger partial charge in [0.05, 0.1) is 10.7 Å². The second-order valence-corrected chi connectivity index (χ2v) is 5.54. The molecule has 122 valence electrons. The van der Waals surface area contributed by atoms with Crippen LogP contribution in [-0.2, 0) is 9.59 Å². The summed E-state index contributed by atoms with van der Waals surface area (Å²) < 4.78 is 0. The summed E-state index contributed by atoms with van der Waals surface area (Å²) in [7, 11) is 0. The molecule has 22 heavy (non-hydrogen) atoms. The first kappa shape index (κ1) is 18.5. The van der Waals surface area contributed by atoms with Gasteiger partial charge < -0.3 is 16.4 Å². The van der Waals surface area contributed by atoms with Crippen molar-refractivity contribution in [1.82, 2.24) is 0 Å². The molecule has 1 aromatic rings. The maximum absolute atomic E-state index is 12.1. The lowest BCUT2D eigenvalue weighted by Gasteiger charge is -2.14. The molecule has 0 radical (unpaired) electrons. The lowest BCUT2D eigenvalue weighted by Crippen LogP contribution is -2.21. The van der Waals surface area contributed by atoms with Crippen molar-refractivity contribution in [2.75, 3.05) is 17.2 Å². The van der Waals surface area contributed by atoms with Gasteiger partial charge in [-0.1, -0.05) is 25.4 Å². The Morgan fingerprint density at radius 3 is 2.50 bits per heavy atom. The van der Waals surface area contributed by atoms with E-state index >= 15 is 0 Å². The Labute approximate surface area is 136 Å². The van der Waals surface area contributed by atoms with Crippen molar-refractivity contribution >= 4 is 34.8 Å². The summed E-state index contributed by atoms with van der Waals surface area (Å²) in [5.74, 6) is -0.179. The summed E-state index contributed by atoms with van der Waals surface area (Å²) in [5, 5.41) is 6.03. The van der Waals surface area contributed by atoms with Crippen LogP contribution in [-0.4, -0.2) is 18.4 Å².